The first kappa shape index (κ1) is 16.0. The van der Waals surface area contributed by atoms with Crippen LogP contribution in [-0.2, 0) is 23.0 Å². The fourth-order valence-corrected chi connectivity index (χ4v) is 5.40. The molecular weight excluding hydrogens is 340 g/mol. The molecule has 0 saturated carbocycles. The number of nitrogens with zero attached hydrogens (tertiary/aromatic N) is 2. The fraction of sp³-hybridized carbons (Fsp3) is 0.333. The Bertz CT molecular complexity index is 837. The average molecular weight is 361 g/mol. The van der Waals surface area contributed by atoms with Gasteiger partial charge in [-0.1, -0.05) is 30.3 Å². The number of fused-ring (bicyclic) bond motifs is 1. The van der Waals surface area contributed by atoms with Gasteiger partial charge < -0.3 is 0 Å². The molecule has 1 saturated heterocycles. The molecule has 24 heavy (non-hydrogen) atoms. The van der Waals surface area contributed by atoms with Crippen molar-refractivity contribution in [2.24, 2.45) is 0 Å². The van der Waals surface area contributed by atoms with E-state index in [1.807, 2.05) is 41.7 Å². The van der Waals surface area contributed by atoms with Gasteiger partial charge in [0.15, 0.2) is 0 Å². The molecule has 0 unspecified atom stereocenters. The molecule has 6 heteroatoms. The van der Waals surface area contributed by atoms with Gasteiger partial charge >= 0.3 is 0 Å². The first-order chi connectivity index (χ1) is 11.6. The summed E-state index contributed by atoms with van der Waals surface area (Å²) in [5.41, 5.74) is 2.32. The Kier molecular flexibility index (Phi) is 4.30. The summed E-state index contributed by atoms with van der Waals surface area (Å²) in [6, 6.07) is 12.1. The maximum atomic E-state index is 12.4. The van der Waals surface area contributed by atoms with Crippen LogP contribution in [0.1, 0.15) is 16.0 Å². The van der Waals surface area contributed by atoms with Crippen LogP contribution in [0.25, 0.3) is 6.08 Å². The molecule has 0 N–H and O–H groups in total. The Morgan fingerprint density at radius 2 is 1.92 bits per heavy atom. The number of sulfonamides is 1. The quantitative estimate of drug-likeness (QED) is 0.842. The largest absolute Gasteiger partial charge is 0.293 e. The van der Waals surface area contributed by atoms with Crippen molar-refractivity contribution in [3.63, 3.8) is 0 Å². The maximum Gasteiger partial charge on any atom is 0.236 e. The van der Waals surface area contributed by atoms with Gasteiger partial charge in [-0.3, -0.25) is 4.90 Å². The lowest BCUT2D eigenvalue weighted by molar-refractivity contribution is 0.0783. The highest BCUT2D eigenvalue weighted by molar-refractivity contribution is 7.92. The van der Waals surface area contributed by atoms with Crippen LogP contribution in [0.2, 0.25) is 0 Å². The van der Waals surface area contributed by atoms with Gasteiger partial charge in [0.1, 0.15) is 0 Å². The first-order valence-electron chi connectivity index (χ1n) is 8.14. The van der Waals surface area contributed by atoms with E-state index in [4.69, 9.17) is 0 Å². The average Bonchev–Trinajstić information content (AvgIpc) is 3.00. The maximum absolute atomic E-state index is 12.4. The van der Waals surface area contributed by atoms with Crippen molar-refractivity contribution in [2.75, 3.05) is 19.6 Å². The Morgan fingerprint density at radius 3 is 2.71 bits per heavy atom. The van der Waals surface area contributed by atoms with Gasteiger partial charge in [-0.05, 0) is 35.1 Å². The van der Waals surface area contributed by atoms with E-state index in [9.17, 15) is 8.42 Å². The SMILES string of the molecule is O=S(=O)(/C=C/c1ccccc1)N1CC(N2CCc3sccc3C2)C1. The van der Waals surface area contributed by atoms with E-state index in [1.165, 1.54) is 15.8 Å². The summed E-state index contributed by atoms with van der Waals surface area (Å²) in [5, 5.41) is 3.48. The van der Waals surface area contributed by atoms with Gasteiger partial charge in [0.2, 0.25) is 10.0 Å². The molecule has 1 aromatic heterocycles. The first-order valence-corrected chi connectivity index (χ1v) is 10.5. The normalized spacial score (nSPS) is 20.2. The van der Waals surface area contributed by atoms with Gasteiger partial charge in [0.25, 0.3) is 0 Å². The number of rotatable bonds is 4. The van der Waals surface area contributed by atoms with Gasteiger partial charge in [0.05, 0.1) is 0 Å². The molecule has 0 aliphatic carbocycles. The van der Waals surface area contributed by atoms with Crippen LogP contribution in [-0.4, -0.2) is 43.3 Å². The highest BCUT2D eigenvalue weighted by Crippen LogP contribution is 2.28. The van der Waals surface area contributed by atoms with E-state index in [0.29, 0.717) is 19.1 Å². The van der Waals surface area contributed by atoms with Crippen molar-refractivity contribution in [1.82, 2.24) is 9.21 Å². The third-order valence-electron chi connectivity index (χ3n) is 4.77. The Labute approximate surface area is 147 Å². The molecular formula is C18H20N2O2S2. The van der Waals surface area contributed by atoms with Crippen molar-refractivity contribution in [3.8, 4) is 0 Å². The summed E-state index contributed by atoms with van der Waals surface area (Å²) in [4.78, 5) is 3.91. The zero-order valence-electron chi connectivity index (χ0n) is 13.3. The molecule has 2 aliphatic heterocycles. The summed E-state index contributed by atoms with van der Waals surface area (Å²) < 4.78 is 26.4. The second kappa shape index (κ2) is 6.44. The summed E-state index contributed by atoms with van der Waals surface area (Å²) in [6.45, 7) is 3.19. The van der Waals surface area contributed by atoms with Gasteiger partial charge in [-0.25, -0.2) is 8.42 Å². The molecule has 3 heterocycles. The van der Waals surface area contributed by atoms with Crippen LogP contribution in [0.5, 0.6) is 0 Å². The number of thiophene rings is 1. The monoisotopic (exact) mass is 360 g/mol. The number of hydrogen-bond acceptors (Lipinski definition) is 4. The second-order valence-electron chi connectivity index (χ2n) is 6.32. The van der Waals surface area contributed by atoms with Crippen LogP contribution < -0.4 is 0 Å². The van der Waals surface area contributed by atoms with Crippen molar-refractivity contribution < 1.29 is 8.42 Å². The smallest absolute Gasteiger partial charge is 0.236 e. The Hall–Kier alpha value is -1.47. The Morgan fingerprint density at radius 1 is 1.12 bits per heavy atom. The predicted octanol–water partition coefficient (Wildman–Crippen LogP) is 2.79. The molecule has 4 rings (SSSR count). The molecule has 0 bridgehead atoms. The number of benzene rings is 1. The summed E-state index contributed by atoms with van der Waals surface area (Å²) in [6.07, 6.45) is 2.76. The summed E-state index contributed by atoms with van der Waals surface area (Å²) in [5.74, 6) is 0. The lowest BCUT2D eigenvalue weighted by atomic mass is 10.0. The Balaban J connectivity index is 1.36. The van der Waals surface area contributed by atoms with Gasteiger partial charge in [0, 0.05) is 42.5 Å². The van der Waals surface area contributed by atoms with Crippen LogP contribution >= 0.6 is 11.3 Å². The van der Waals surface area contributed by atoms with E-state index in [1.54, 1.807) is 10.4 Å². The minimum Gasteiger partial charge on any atom is -0.293 e. The second-order valence-corrected chi connectivity index (χ2v) is 9.14. The summed E-state index contributed by atoms with van der Waals surface area (Å²) >= 11 is 1.83. The highest BCUT2D eigenvalue weighted by Gasteiger charge is 2.38. The molecule has 4 nitrogen and oxygen atoms in total. The van der Waals surface area contributed by atoms with Crippen molar-refractivity contribution in [2.45, 2.75) is 19.0 Å². The lowest BCUT2D eigenvalue weighted by Crippen LogP contribution is -2.61. The summed E-state index contributed by atoms with van der Waals surface area (Å²) in [7, 11) is -3.31. The van der Waals surface area contributed by atoms with Crippen LogP contribution in [0, 0.1) is 0 Å². The third-order valence-corrected chi connectivity index (χ3v) is 7.30. The topological polar surface area (TPSA) is 40.6 Å². The minimum atomic E-state index is -3.31. The van der Waals surface area contributed by atoms with E-state index < -0.39 is 10.0 Å². The van der Waals surface area contributed by atoms with Crippen LogP contribution in [0.4, 0.5) is 0 Å². The fourth-order valence-electron chi connectivity index (χ4n) is 3.25. The van der Waals surface area contributed by atoms with E-state index in [2.05, 4.69) is 16.3 Å². The van der Waals surface area contributed by atoms with Crippen molar-refractivity contribution in [3.05, 3.63) is 63.2 Å². The molecule has 1 fully saturated rings. The lowest BCUT2D eigenvalue weighted by Gasteiger charge is -2.45. The van der Waals surface area contributed by atoms with E-state index in [-0.39, 0.29) is 0 Å². The zero-order chi connectivity index (χ0) is 16.6. The van der Waals surface area contributed by atoms with Crippen LogP contribution in [0.3, 0.4) is 0 Å². The number of hydrogen-bond donors (Lipinski definition) is 0. The molecule has 0 amide bonds. The van der Waals surface area contributed by atoms with Gasteiger partial charge in [-0.15, -0.1) is 11.3 Å². The predicted molar refractivity (Wildman–Crippen MR) is 98.2 cm³/mol. The highest BCUT2D eigenvalue weighted by atomic mass is 32.2. The van der Waals surface area contributed by atoms with E-state index >= 15 is 0 Å². The molecule has 0 spiro atoms. The van der Waals surface area contributed by atoms with Crippen molar-refractivity contribution >= 4 is 27.4 Å². The molecule has 1 aromatic carbocycles. The standard InChI is InChI=1S/C18H20N2O2S2/c21-24(22,11-8-15-4-2-1-3-5-15)20-13-17(14-20)19-9-6-18-16(12-19)7-10-23-18/h1-5,7-8,10-11,17H,6,9,12-14H2/b11-8+. The zero-order valence-corrected chi connectivity index (χ0v) is 15.0. The van der Waals surface area contributed by atoms with Crippen LogP contribution in [0.15, 0.2) is 47.2 Å². The molecule has 2 aliphatic rings. The molecule has 126 valence electrons. The molecule has 0 radical (unpaired) electrons. The third kappa shape index (κ3) is 3.19. The minimum absolute atomic E-state index is 0.345. The van der Waals surface area contributed by atoms with E-state index in [0.717, 1.165) is 25.1 Å². The molecule has 2 aromatic rings. The van der Waals surface area contributed by atoms with Crippen molar-refractivity contribution in [1.29, 1.82) is 0 Å². The van der Waals surface area contributed by atoms with Gasteiger partial charge in [-0.2, -0.15) is 4.31 Å². The molecule has 0 atom stereocenters.